The number of phosphoric acid groups is 1. The van der Waals surface area contributed by atoms with Crippen LogP contribution in [0.25, 0.3) is 22.2 Å². The summed E-state index contributed by atoms with van der Waals surface area (Å²) in [5.41, 5.74) is 2.67. The topological polar surface area (TPSA) is 120 Å². The van der Waals surface area contributed by atoms with E-state index in [2.05, 4.69) is 4.98 Å². The molecule has 3 rings (SSSR count). The monoisotopic (exact) mass is 361 g/mol. The molecule has 0 amide bonds. The molecule has 25 heavy (non-hydrogen) atoms. The number of aryl methyl sites for hydroxylation is 1. The maximum atomic E-state index is 11.3. The number of aliphatic hydroxyl groups excluding tert-OH is 1. The van der Waals surface area contributed by atoms with Crippen LogP contribution in [0.5, 0.6) is 11.5 Å². The molecule has 0 atom stereocenters. The van der Waals surface area contributed by atoms with Crippen LogP contribution >= 0.6 is 7.82 Å². The van der Waals surface area contributed by atoms with Crippen molar-refractivity contribution in [3.63, 3.8) is 0 Å². The molecule has 0 radical (unpaired) electrons. The Morgan fingerprint density at radius 1 is 1.16 bits per heavy atom. The quantitative estimate of drug-likeness (QED) is 0.527. The molecule has 0 aliphatic rings. The lowest BCUT2D eigenvalue weighted by Gasteiger charge is -2.14. The Morgan fingerprint density at radius 2 is 1.92 bits per heavy atom. The Hall–Kier alpha value is -2.44. The lowest BCUT2D eigenvalue weighted by molar-refractivity contribution is 0.276. The van der Waals surface area contributed by atoms with Crippen molar-refractivity contribution in [3.8, 4) is 22.8 Å². The van der Waals surface area contributed by atoms with Crippen molar-refractivity contribution in [3.05, 3.63) is 53.6 Å². The van der Waals surface area contributed by atoms with Gasteiger partial charge in [-0.15, -0.1) is 0 Å². The molecule has 0 bridgehead atoms. The van der Waals surface area contributed by atoms with Crippen molar-refractivity contribution >= 4 is 18.7 Å². The van der Waals surface area contributed by atoms with E-state index < -0.39 is 14.4 Å². The summed E-state index contributed by atoms with van der Waals surface area (Å²) >= 11 is 0. The Morgan fingerprint density at radius 3 is 2.56 bits per heavy atom. The fraction of sp³-hybridized carbons (Fsp3) is 0.118. The number of phenols is 1. The molecule has 0 spiro atoms. The highest BCUT2D eigenvalue weighted by atomic mass is 31.2. The number of phosphoric ester groups is 1. The number of pyridine rings is 1. The average Bonchev–Trinajstić information content (AvgIpc) is 2.53. The molecule has 1 heterocycles. The molecule has 3 aromatic rings. The normalized spacial score (nSPS) is 11.7. The summed E-state index contributed by atoms with van der Waals surface area (Å²) in [6, 6.07) is 11.8. The predicted molar refractivity (Wildman–Crippen MR) is 92.2 cm³/mol. The number of aliphatic hydroxyl groups is 1. The Bertz CT molecular complexity index is 998. The van der Waals surface area contributed by atoms with Gasteiger partial charge in [-0.1, -0.05) is 29.8 Å². The third-order valence-electron chi connectivity index (χ3n) is 3.70. The molecule has 2 aromatic carbocycles. The molecule has 1 aromatic heterocycles. The van der Waals surface area contributed by atoms with Gasteiger partial charge in [0.2, 0.25) is 0 Å². The number of rotatable bonds is 4. The standard InChI is InChI=1S/C17H16NO6P/c1-10-3-2-4-11(7-10)14-8-15(24-25(21,22)23)16-13(18-14)6-5-12(9-19)17(16)20/h2-8,19-20H,9H2,1H3,(H2,21,22,23). The highest BCUT2D eigenvalue weighted by Gasteiger charge is 2.22. The zero-order valence-electron chi connectivity index (χ0n) is 13.2. The number of fused-ring (bicyclic) bond motifs is 1. The first-order valence-electron chi connectivity index (χ1n) is 7.37. The zero-order valence-corrected chi connectivity index (χ0v) is 14.1. The second-order valence-corrected chi connectivity index (χ2v) is 6.75. The van der Waals surface area contributed by atoms with E-state index in [-0.39, 0.29) is 28.0 Å². The van der Waals surface area contributed by atoms with Crippen LogP contribution in [0, 0.1) is 6.92 Å². The maximum absolute atomic E-state index is 11.3. The van der Waals surface area contributed by atoms with Gasteiger partial charge in [-0.25, -0.2) is 9.55 Å². The van der Waals surface area contributed by atoms with Gasteiger partial charge in [0.15, 0.2) is 0 Å². The summed E-state index contributed by atoms with van der Waals surface area (Å²) < 4.78 is 16.1. The lowest BCUT2D eigenvalue weighted by atomic mass is 10.0. The van der Waals surface area contributed by atoms with E-state index >= 15 is 0 Å². The second-order valence-electron chi connectivity index (χ2n) is 5.58. The molecular formula is C17H16NO6P. The van der Waals surface area contributed by atoms with Gasteiger partial charge < -0.3 is 14.7 Å². The van der Waals surface area contributed by atoms with Crippen molar-refractivity contribution in [1.29, 1.82) is 0 Å². The van der Waals surface area contributed by atoms with Crippen LogP contribution in [0.2, 0.25) is 0 Å². The maximum Gasteiger partial charge on any atom is 0.524 e. The van der Waals surface area contributed by atoms with Crippen LogP contribution in [-0.4, -0.2) is 25.0 Å². The van der Waals surface area contributed by atoms with E-state index in [9.17, 15) is 24.6 Å². The molecule has 0 aliphatic heterocycles. The number of nitrogens with zero attached hydrogens (tertiary/aromatic N) is 1. The molecule has 0 aliphatic carbocycles. The highest BCUT2D eigenvalue weighted by molar-refractivity contribution is 7.46. The molecule has 7 nitrogen and oxygen atoms in total. The Labute approximate surface area is 143 Å². The molecule has 0 saturated carbocycles. The van der Waals surface area contributed by atoms with E-state index in [1.54, 1.807) is 6.07 Å². The number of aromatic hydroxyl groups is 1. The molecule has 0 fully saturated rings. The Balaban J connectivity index is 2.30. The van der Waals surface area contributed by atoms with Gasteiger partial charge in [0, 0.05) is 17.2 Å². The molecule has 8 heteroatoms. The average molecular weight is 361 g/mol. The first kappa shape index (κ1) is 17.4. The van der Waals surface area contributed by atoms with Crippen LogP contribution in [0.3, 0.4) is 0 Å². The zero-order chi connectivity index (χ0) is 18.2. The van der Waals surface area contributed by atoms with Crippen LogP contribution in [0.15, 0.2) is 42.5 Å². The summed E-state index contributed by atoms with van der Waals surface area (Å²) in [4.78, 5) is 22.8. The van der Waals surface area contributed by atoms with E-state index in [4.69, 9.17) is 4.52 Å². The largest absolute Gasteiger partial charge is 0.524 e. The van der Waals surface area contributed by atoms with E-state index in [0.717, 1.165) is 11.1 Å². The first-order chi connectivity index (χ1) is 11.8. The predicted octanol–water partition coefficient (Wildman–Crippen LogP) is 2.88. The molecule has 4 N–H and O–H groups in total. The van der Waals surface area contributed by atoms with Gasteiger partial charge in [-0.3, -0.25) is 9.79 Å². The van der Waals surface area contributed by atoms with E-state index in [1.165, 1.54) is 12.1 Å². The molecule has 0 unspecified atom stereocenters. The van der Waals surface area contributed by atoms with Gasteiger partial charge in [0.1, 0.15) is 11.5 Å². The fourth-order valence-electron chi connectivity index (χ4n) is 2.60. The molecule has 0 saturated heterocycles. The second kappa shape index (κ2) is 6.46. The lowest BCUT2D eigenvalue weighted by Crippen LogP contribution is -1.96. The van der Waals surface area contributed by atoms with Gasteiger partial charge in [-0.2, -0.15) is 0 Å². The number of hydrogen-bond acceptors (Lipinski definition) is 5. The SMILES string of the molecule is Cc1cccc(-c2cc(OP(=O)(O)O)c3c(O)c(CO)ccc3n2)c1. The summed E-state index contributed by atoms with van der Waals surface area (Å²) in [7, 11) is -4.86. The third-order valence-corrected chi connectivity index (χ3v) is 4.13. The van der Waals surface area contributed by atoms with Gasteiger partial charge in [0.05, 0.1) is 23.2 Å². The Kier molecular flexibility index (Phi) is 4.49. The van der Waals surface area contributed by atoms with E-state index in [1.807, 2.05) is 31.2 Å². The van der Waals surface area contributed by atoms with Crippen LogP contribution in [-0.2, 0) is 11.2 Å². The fourth-order valence-corrected chi connectivity index (χ4v) is 3.00. The van der Waals surface area contributed by atoms with Crippen LogP contribution in [0.1, 0.15) is 11.1 Å². The van der Waals surface area contributed by atoms with Gasteiger partial charge in [0.25, 0.3) is 0 Å². The van der Waals surface area contributed by atoms with Gasteiger partial charge >= 0.3 is 7.82 Å². The van der Waals surface area contributed by atoms with Crippen molar-refractivity contribution in [2.75, 3.05) is 0 Å². The summed E-state index contributed by atoms with van der Waals surface area (Å²) in [6.07, 6.45) is 0. The van der Waals surface area contributed by atoms with Crippen molar-refractivity contribution in [2.45, 2.75) is 13.5 Å². The number of benzene rings is 2. The van der Waals surface area contributed by atoms with Crippen LogP contribution in [0.4, 0.5) is 0 Å². The number of aromatic nitrogens is 1. The van der Waals surface area contributed by atoms with Crippen molar-refractivity contribution < 1.29 is 29.1 Å². The first-order valence-corrected chi connectivity index (χ1v) is 8.90. The summed E-state index contributed by atoms with van der Waals surface area (Å²) in [5.74, 6) is -0.533. The van der Waals surface area contributed by atoms with Crippen molar-refractivity contribution in [1.82, 2.24) is 4.98 Å². The summed E-state index contributed by atoms with van der Waals surface area (Å²) in [6.45, 7) is 1.48. The van der Waals surface area contributed by atoms with Gasteiger partial charge in [-0.05, 0) is 19.1 Å². The van der Waals surface area contributed by atoms with Crippen LogP contribution < -0.4 is 4.52 Å². The molecular weight excluding hydrogens is 345 g/mol. The minimum atomic E-state index is -4.86. The summed E-state index contributed by atoms with van der Waals surface area (Å²) in [5, 5.41) is 19.6. The van der Waals surface area contributed by atoms with Crippen molar-refractivity contribution in [2.24, 2.45) is 0 Å². The third kappa shape index (κ3) is 3.65. The smallest absolute Gasteiger partial charge is 0.507 e. The molecule has 130 valence electrons. The minimum absolute atomic E-state index is 0.0336. The highest BCUT2D eigenvalue weighted by Crippen LogP contribution is 2.45. The minimum Gasteiger partial charge on any atom is -0.507 e. The number of hydrogen-bond donors (Lipinski definition) is 4. The van der Waals surface area contributed by atoms with E-state index in [0.29, 0.717) is 5.69 Å².